The predicted octanol–water partition coefficient (Wildman–Crippen LogP) is 1.13. The normalized spacial score (nSPS) is 16.8. The molecular formula is C8H19NO. The molecule has 0 saturated heterocycles. The Morgan fingerprint density at radius 3 is 2.50 bits per heavy atom. The van der Waals surface area contributed by atoms with Crippen molar-refractivity contribution in [2.75, 3.05) is 6.54 Å². The first-order chi connectivity index (χ1) is 4.70. The molecule has 0 saturated carbocycles. The van der Waals surface area contributed by atoms with Crippen molar-refractivity contribution >= 4 is 0 Å². The molecule has 0 bridgehead atoms. The summed E-state index contributed by atoms with van der Waals surface area (Å²) in [5.41, 5.74) is 5.27. The van der Waals surface area contributed by atoms with Crippen molar-refractivity contribution in [2.24, 2.45) is 11.7 Å². The topological polar surface area (TPSA) is 46.2 Å². The Hall–Kier alpha value is -0.0800. The molecule has 0 aliphatic rings. The van der Waals surface area contributed by atoms with Gasteiger partial charge in [0.15, 0.2) is 0 Å². The van der Waals surface area contributed by atoms with Gasteiger partial charge in [-0.25, -0.2) is 0 Å². The summed E-state index contributed by atoms with van der Waals surface area (Å²) in [6.07, 6.45) is 2.95. The van der Waals surface area contributed by atoms with E-state index in [1.807, 2.05) is 0 Å². The molecule has 2 nitrogen and oxygen atoms in total. The van der Waals surface area contributed by atoms with Crippen LogP contribution < -0.4 is 5.73 Å². The van der Waals surface area contributed by atoms with E-state index in [9.17, 15) is 0 Å². The van der Waals surface area contributed by atoms with Gasteiger partial charge in [0, 0.05) is 6.54 Å². The van der Waals surface area contributed by atoms with Crippen molar-refractivity contribution in [3.8, 4) is 0 Å². The van der Waals surface area contributed by atoms with Crippen molar-refractivity contribution in [3.63, 3.8) is 0 Å². The number of hydrogen-bond acceptors (Lipinski definition) is 2. The van der Waals surface area contributed by atoms with Crippen molar-refractivity contribution in [1.29, 1.82) is 0 Å². The maximum Gasteiger partial charge on any atom is 0.0665 e. The van der Waals surface area contributed by atoms with Crippen LogP contribution in [-0.4, -0.2) is 17.8 Å². The van der Waals surface area contributed by atoms with E-state index in [-0.39, 0.29) is 6.10 Å². The van der Waals surface area contributed by atoms with E-state index in [0.717, 1.165) is 6.42 Å². The molecule has 0 fully saturated rings. The molecule has 0 aromatic heterocycles. The molecule has 0 aromatic rings. The van der Waals surface area contributed by atoms with Gasteiger partial charge < -0.3 is 10.8 Å². The van der Waals surface area contributed by atoms with Crippen LogP contribution in [0, 0.1) is 5.92 Å². The van der Waals surface area contributed by atoms with Gasteiger partial charge in [-0.2, -0.15) is 0 Å². The number of aliphatic hydroxyl groups excluding tert-OH is 1. The minimum Gasteiger partial charge on any atom is -0.392 e. The fourth-order valence-electron chi connectivity index (χ4n) is 1.17. The van der Waals surface area contributed by atoms with E-state index in [0.29, 0.717) is 12.5 Å². The van der Waals surface area contributed by atoms with Crippen molar-refractivity contribution < 1.29 is 5.11 Å². The van der Waals surface area contributed by atoms with Crippen molar-refractivity contribution in [3.05, 3.63) is 0 Å². The zero-order valence-corrected chi connectivity index (χ0v) is 7.01. The lowest BCUT2D eigenvalue weighted by Crippen LogP contribution is -2.21. The lowest BCUT2D eigenvalue weighted by atomic mass is 9.99. The molecule has 0 aliphatic heterocycles. The fourth-order valence-corrected chi connectivity index (χ4v) is 1.17. The second-order valence-corrected chi connectivity index (χ2v) is 3.02. The number of rotatable bonds is 5. The Bertz CT molecular complexity index is 75.7. The highest BCUT2D eigenvalue weighted by molar-refractivity contribution is 4.61. The summed E-state index contributed by atoms with van der Waals surface area (Å²) in [5, 5.41) is 9.13. The minimum atomic E-state index is -0.290. The average molecular weight is 145 g/mol. The third-order valence-corrected chi connectivity index (χ3v) is 1.73. The maximum atomic E-state index is 9.13. The van der Waals surface area contributed by atoms with Gasteiger partial charge in [-0.15, -0.1) is 0 Å². The Morgan fingerprint density at radius 1 is 1.50 bits per heavy atom. The van der Waals surface area contributed by atoms with Crippen LogP contribution in [0.15, 0.2) is 0 Å². The second kappa shape index (κ2) is 5.69. The zero-order chi connectivity index (χ0) is 7.98. The first-order valence-electron chi connectivity index (χ1n) is 4.08. The molecule has 2 heteroatoms. The van der Waals surface area contributed by atoms with Crippen molar-refractivity contribution in [1.82, 2.24) is 0 Å². The molecule has 0 amide bonds. The monoisotopic (exact) mass is 145 g/mol. The van der Waals surface area contributed by atoms with E-state index in [2.05, 4.69) is 13.8 Å². The van der Waals surface area contributed by atoms with E-state index in [1.54, 1.807) is 0 Å². The quantitative estimate of drug-likeness (QED) is 0.609. The van der Waals surface area contributed by atoms with Crippen LogP contribution in [0.3, 0.4) is 0 Å². The summed E-state index contributed by atoms with van der Waals surface area (Å²) in [6.45, 7) is 4.71. The van der Waals surface area contributed by atoms with E-state index in [1.165, 1.54) is 12.8 Å². The largest absolute Gasteiger partial charge is 0.392 e. The summed E-state index contributed by atoms with van der Waals surface area (Å²) in [4.78, 5) is 0. The Labute approximate surface area is 63.4 Å². The van der Waals surface area contributed by atoms with Gasteiger partial charge in [0.1, 0.15) is 0 Å². The average Bonchev–Trinajstić information content (AvgIpc) is 1.88. The van der Waals surface area contributed by atoms with E-state index in [4.69, 9.17) is 10.8 Å². The Balaban J connectivity index is 3.27. The Morgan fingerprint density at radius 2 is 2.10 bits per heavy atom. The van der Waals surface area contributed by atoms with Gasteiger partial charge in [0.05, 0.1) is 6.10 Å². The van der Waals surface area contributed by atoms with Crippen LogP contribution in [0.1, 0.15) is 33.1 Å². The third kappa shape index (κ3) is 4.77. The highest BCUT2D eigenvalue weighted by Crippen LogP contribution is 2.11. The molecule has 0 spiro atoms. The molecule has 0 radical (unpaired) electrons. The SMILES string of the molecule is CCCC(C)CC(O)CN. The van der Waals surface area contributed by atoms with E-state index < -0.39 is 0 Å². The molecule has 10 heavy (non-hydrogen) atoms. The van der Waals surface area contributed by atoms with Gasteiger partial charge in [-0.3, -0.25) is 0 Å². The molecule has 3 N–H and O–H groups in total. The van der Waals surface area contributed by atoms with Gasteiger partial charge in [-0.05, 0) is 12.3 Å². The van der Waals surface area contributed by atoms with Crippen LogP contribution in [0.5, 0.6) is 0 Å². The van der Waals surface area contributed by atoms with Gasteiger partial charge in [0.2, 0.25) is 0 Å². The molecular weight excluding hydrogens is 126 g/mol. The minimum absolute atomic E-state index is 0.290. The van der Waals surface area contributed by atoms with Gasteiger partial charge in [0.25, 0.3) is 0 Å². The van der Waals surface area contributed by atoms with Crippen LogP contribution in [0.25, 0.3) is 0 Å². The number of hydrogen-bond donors (Lipinski definition) is 2. The molecule has 2 unspecified atom stereocenters. The van der Waals surface area contributed by atoms with Crippen LogP contribution in [0.4, 0.5) is 0 Å². The summed E-state index contributed by atoms with van der Waals surface area (Å²) in [5.74, 6) is 0.614. The molecule has 2 atom stereocenters. The molecule has 0 aromatic carbocycles. The molecule has 0 rings (SSSR count). The zero-order valence-electron chi connectivity index (χ0n) is 7.01. The first kappa shape index (κ1) is 9.92. The van der Waals surface area contributed by atoms with Crippen LogP contribution in [-0.2, 0) is 0 Å². The summed E-state index contributed by atoms with van der Waals surface area (Å²) >= 11 is 0. The smallest absolute Gasteiger partial charge is 0.0665 e. The maximum absolute atomic E-state index is 9.13. The predicted molar refractivity (Wildman–Crippen MR) is 43.8 cm³/mol. The first-order valence-corrected chi connectivity index (χ1v) is 4.08. The third-order valence-electron chi connectivity index (χ3n) is 1.73. The molecule has 0 aliphatic carbocycles. The highest BCUT2D eigenvalue weighted by Gasteiger charge is 2.06. The van der Waals surface area contributed by atoms with Gasteiger partial charge in [-0.1, -0.05) is 26.7 Å². The van der Waals surface area contributed by atoms with Gasteiger partial charge >= 0.3 is 0 Å². The highest BCUT2D eigenvalue weighted by atomic mass is 16.3. The number of aliphatic hydroxyl groups is 1. The second-order valence-electron chi connectivity index (χ2n) is 3.02. The standard InChI is InChI=1S/C8H19NO/c1-3-4-7(2)5-8(10)6-9/h7-8,10H,3-6,9H2,1-2H3. The summed E-state index contributed by atoms with van der Waals surface area (Å²) < 4.78 is 0. The summed E-state index contributed by atoms with van der Waals surface area (Å²) in [6, 6.07) is 0. The van der Waals surface area contributed by atoms with Crippen LogP contribution >= 0.6 is 0 Å². The fraction of sp³-hybridized carbons (Fsp3) is 1.00. The lowest BCUT2D eigenvalue weighted by Gasteiger charge is -2.13. The molecule has 62 valence electrons. The number of nitrogens with two attached hydrogens (primary N) is 1. The van der Waals surface area contributed by atoms with Crippen LogP contribution in [0.2, 0.25) is 0 Å². The van der Waals surface area contributed by atoms with Crippen molar-refractivity contribution in [2.45, 2.75) is 39.2 Å². The Kier molecular flexibility index (Phi) is 5.64. The lowest BCUT2D eigenvalue weighted by molar-refractivity contribution is 0.151. The summed E-state index contributed by atoms with van der Waals surface area (Å²) in [7, 11) is 0. The van der Waals surface area contributed by atoms with E-state index >= 15 is 0 Å². The molecule has 0 heterocycles.